The molecule has 2 aromatic rings. The maximum atomic E-state index is 13.8. The highest BCUT2D eigenvalue weighted by Crippen LogP contribution is 2.21. The highest BCUT2D eigenvalue weighted by molar-refractivity contribution is 5.90. The average molecular weight is 333 g/mol. The van der Waals surface area contributed by atoms with E-state index in [1.54, 1.807) is 25.3 Å². The van der Waals surface area contributed by atoms with Crippen molar-refractivity contribution in [3.05, 3.63) is 47.3 Å². The molecule has 0 saturated carbocycles. The number of carbonyl (C=O) groups excluding carboxylic acids is 1. The van der Waals surface area contributed by atoms with Crippen LogP contribution in [0.1, 0.15) is 28.3 Å². The number of nitrogens with one attached hydrogen (secondary N) is 1. The lowest BCUT2D eigenvalue weighted by Crippen LogP contribution is -2.32. The molecular weight excluding hydrogens is 313 g/mol. The number of pyridine rings is 1. The predicted octanol–water partition coefficient (Wildman–Crippen LogP) is 2.28. The Morgan fingerprint density at radius 2 is 2.42 bits per heavy atom. The summed E-state index contributed by atoms with van der Waals surface area (Å²) in [6, 6.07) is 4.91. The van der Waals surface area contributed by atoms with Crippen molar-refractivity contribution in [1.82, 2.24) is 10.3 Å². The molecule has 0 spiro atoms. The minimum absolute atomic E-state index is 0.207. The van der Waals surface area contributed by atoms with E-state index >= 15 is 0 Å². The highest BCUT2D eigenvalue weighted by Gasteiger charge is 2.25. The first-order chi connectivity index (χ1) is 11.6. The second-order valence-electron chi connectivity index (χ2n) is 5.80. The van der Waals surface area contributed by atoms with Crippen LogP contribution in [0.2, 0.25) is 0 Å². The van der Waals surface area contributed by atoms with Crippen molar-refractivity contribution in [2.75, 3.05) is 25.1 Å². The van der Waals surface area contributed by atoms with Gasteiger partial charge in [-0.05, 0) is 31.5 Å². The minimum atomic E-state index is -0.403. The molecule has 0 aliphatic carbocycles. The zero-order valence-electron chi connectivity index (χ0n) is 13.7. The van der Waals surface area contributed by atoms with Gasteiger partial charge in [-0.1, -0.05) is 0 Å². The summed E-state index contributed by atoms with van der Waals surface area (Å²) in [5, 5.41) is 3.38. The van der Waals surface area contributed by atoms with Crippen LogP contribution in [0, 0.1) is 12.7 Å². The first-order valence-corrected chi connectivity index (χ1v) is 7.85. The maximum Gasteiger partial charge on any atom is 0.341 e. The zero-order valence-corrected chi connectivity index (χ0v) is 13.7. The van der Waals surface area contributed by atoms with Gasteiger partial charge in [-0.3, -0.25) is 0 Å². The lowest BCUT2D eigenvalue weighted by Gasteiger charge is -2.18. The van der Waals surface area contributed by atoms with Gasteiger partial charge in [0.2, 0.25) is 0 Å². The Labute approximate surface area is 139 Å². The van der Waals surface area contributed by atoms with Gasteiger partial charge in [0.15, 0.2) is 11.6 Å². The molecule has 0 bridgehead atoms. The Balaban J connectivity index is 1.57. The van der Waals surface area contributed by atoms with Crippen LogP contribution in [-0.4, -0.2) is 37.2 Å². The average Bonchev–Trinajstić information content (AvgIpc) is 3.19. The molecule has 1 fully saturated rings. The van der Waals surface area contributed by atoms with E-state index in [1.807, 2.05) is 4.90 Å². The van der Waals surface area contributed by atoms with Gasteiger partial charge < -0.3 is 19.4 Å². The quantitative estimate of drug-likeness (QED) is 0.847. The normalized spacial score (nSPS) is 17.3. The number of rotatable bonds is 5. The molecule has 7 heteroatoms. The maximum absolute atomic E-state index is 13.8. The van der Waals surface area contributed by atoms with Crippen LogP contribution < -0.4 is 10.2 Å². The second kappa shape index (κ2) is 7.00. The van der Waals surface area contributed by atoms with Crippen molar-refractivity contribution in [3.8, 4) is 0 Å². The minimum Gasteiger partial charge on any atom is -0.465 e. The number of carbonyl (C=O) groups is 1. The Morgan fingerprint density at radius 3 is 3.17 bits per heavy atom. The van der Waals surface area contributed by atoms with Crippen molar-refractivity contribution >= 4 is 11.8 Å². The number of aryl methyl sites for hydroxylation is 1. The number of furan rings is 1. The summed E-state index contributed by atoms with van der Waals surface area (Å²) in [7, 11) is 1.34. The van der Waals surface area contributed by atoms with Crippen LogP contribution >= 0.6 is 0 Å². The van der Waals surface area contributed by atoms with Crippen molar-refractivity contribution < 1.29 is 18.3 Å². The van der Waals surface area contributed by atoms with E-state index in [0.717, 1.165) is 13.0 Å². The van der Waals surface area contributed by atoms with E-state index in [-0.39, 0.29) is 11.9 Å². The molecular formula is C17H20FN3O3. The lowest BCUT2D eigenvalue weighted by molar-refractivity contribution is 0.0599. The molecule has 1 unspecified atom stereocenters. The Bertz CT molecular complexity index is 732. The molecule has 3 rings (SSSR count). The third kappa shape index (κ3) is 3.41. The highest BCUT2D eigenvalue weighted by atomic mass is 19.1. The van der Waals surface area contributed by atoms with Crippen LogP contribution in [0.5, 0.6) is 0 Å². The number of ether oxygens (including phenoxy) is 1. The van der Waals surface area contributed by atoms with Crippen LogP contribution in [0.15, 0.2) is 28.8 Å². The fourth-order valence-corrected chi connectivity index (χ4v) is 2.92. The number of anilines is 1. The summed E-state index contributed by atoms with van der Waals surface area (Å²) in [5.74, 6) is 0.906. The summed E-state index contributed by atoms with van der Waals surface area (Å²) in [6.07, 6.45) is 2.48. The number of nitrogens with zero attached hydrogens (tertiary/aromatic N) is 2. The van der Waals surface area contributed by atoms with Gasteiger partial charge in [0.25, 0.3) is 0 Å². The van der Waals surface area contributed by atoms with Crippen molar-refractivity contribution in [3.63, 3.8) is 0 Å². The fraction of sp³-hybridized carbons (Fsp3) is 0.412. The molecule has 1 N–H and O–H groups in total. The lowest BCUT2D eigenvalue weighted by atomic mass is 10.2. The summed E-state index contributed by atoms with van der Waals surface area (Å²) in [5.41, 5.74) is 0.443. The van der Waals surface area contributed by atoms with Crippen LogP contribution in [0.25, 0.3) is 0 Å². The first-order valence-electron chi connectivity index (χ1n) is 7.85. The number of hydrogen-bond acceptors (Lipinski definition) is 6. The van der Waals surface area contributed by atoms with Gasteiger partial charge in [0, 0.05) is 25.3 Å². The van der Waals surface area contributed by atoms with E-state index in [2.05, 4.69) is 10.3 Å². The largest absolute Gasteiger partial charge is 0.465 e. The SMILES string of the molecule is COC(=O)c1cc(CNC2CCN(c3ncccc3F)C2)oc1C. The molecule has 0 amide bonds. The van der Waals surface area contributed by atoms with E-state index < -0.39 is 5.97 Å². The van der Waals surface area contributed by atoms with Crippen LogP contribution in [-0.2, 0) is 11.3 Å². The molecule has 3 heterocycles. The molecule has 0 aromatic carbocycles. The van der Waals surface area contributed by atoms with Crippen molar-refractivity contribution in [1.29, 1.82) is 0 Å². The molecule has 1 aliphatic rings. The summed E-state index contributed by atoms with van der Waals surface area (Å²) < 4.78 is 24.1. The molecule has 128 valence electrons. The fourth-order valence-electron chi connectivity index (χ4n) is 2.92. The topological polar surface area (TPSA) is 67.6 Å². The van der Waals surface area contributed by atoms with Crippen molar-refractivity contribution in [2.45, 2.75) is 25.9 Å². The van der Waals surface area contributed by atoms with Gasteiger partial charge in [-0.25, -0.2) is 14.2 Å². The number of methoxy groups -OCH3 is 1. The Hall–Kier alpha value is -2.41. The van der Waals surface area contributed by atoms with E-state index in [1.165, 1.54) is 13.2 Å². The Kier molecular flexibility index (Phi) is 4.80. The summed E-state index contributed by atoms with van der Waals surface area (Å²) in [6.45, 7) is 3.66. The summed E-state index contributed by atoms with van der Waals surface area (Å²) in [4.78, 5) is 17.6. The number of aromatic nitrogens is 1. The van der Waals surface area contributed by atoms with E-state index in [0.29, 0.717) is 36.0 Å². The standard InChI is InChI=1S/C17H20FN3O3/c1-11-14(17(22)23-2)8-13(24-11)9-20-12-5-7-21(10-12)16-15(18)4-3-6-19-16/h3-4,6,8,12,20H,5,7,9-10H2,1-2H3. The van der Waals surface area contributed by atoms with Crippen molar-refractivity contribution in [2.24, 2.45) is 0 Å². The molecule has 1 saturated heterocycles. The monoisotopic (exact) mass is 333 g/mol. The van der Waals surface area contributed by atoms with Gasteiger partial charge in [0.05, 0.1) is 13.7 Å². The molecule has 0 radical (unpaired) electrons. The molecule has 6 nitrogen and oxygen atoms in total. The predicted molar refractivity (Wildman–Crippen MR) is 86.4 cm³/mol. The smallest absolute Gasteiger partial charge is 0.341 e. The molecule has 1 atom stereocenters. The number of halogens is 1. The number of esters is 1. The second-order valence-corrected chi connectivity index (χ2v) is 5.80. The summed E-state index contributed by atoms with van der Waals surface area (Å²) >= 11 is 0. The van der Waals surface area contributed by atoms with Gasteiger partial charge in [-0.2, -0.15) is 0 Å². The Morgan fingerprint density at radius 1 is 1.58 bits per heavy atom. The van der Waals surface area contributed by atoms with Crippen LogP contribution in [0.3, 0.4) is 0 Å². The zero-order chi connectivity index (χ0) is 17.1. The van der Waals surface area contributed by atoms with E-state index in [9.17, 15) is 9.18 Å². The van der Waals surface area contributed by atoms with Gasteiger partial charge >= 0.3 is 5.97 Å². The van der Waals surface area contributed by atoms with Crippen LogP contribution in [0.4, 0.5) is 10.2 Å². The molecule has 2 aromatic heterocycles. The van der Waals surface area contributed by atoms with Gasteiger partial charge in [0.1, 0.15) is 17.1 Å². The molecule has 1 aliphatic heterocycles. The van der Waals surface area contributed by atoms with E-state index in [4.69, 9.17) is 9.15 Å². The number of hydrogen-bond donors (Lipinski definition) is 1. The molecule has 24 heavy (non-hydrogen) atoms. The third-order valence-electron chi connectivity index (χ3n) is 4.17. The first kappa shape index (κ1) is 16.4. The van der Waals surface area contributed by atoms with Gasteiger partial charge in [-0.15, -0.1) is 0 Å². The third-order valence-corrected chi connectivity index (χ3v) is 4.17.